The van der Waals surface area contributed by atoms with E-state index in [-0.39, 0.29) is 0 Å². The largest absolute Gasteiger partial charge is 0.399 e. The zero-order valence-electron chi connectivity index (χ0n) is 11.0. The van der Waals surface area contributed by atoms with Gasteiger partial charge in [0.05, 0.1) is 6.20 Å². The highest BCUT2D eigenvalue weighted by atomic mass is 15.3. The molecule has 0 bridgehead atoms. The van der Waals surface area contributed by atoms with Crippen LogP contribution in [-0.2, 0) is 0 Å². The molecular weight excluding hydrogens is 210 g/mol. The summed E-state index contributed by atoms with van der Waals surface area (Å²) < 4.78 is 1.94. The standard InChI is InChI=1S/C12H15N3.C2H6/c1-9(2)15-8-11(7-14-15)10-4-3-5-12(13)6-10;1-2/h3-9H,13H2,1-2H3;1-2H3. The molecule has 3 nitrogen and oxygen atoms in total. The highest BCUT2D eigenvalue weighted by molar-refractivity contribution is 5.65. The molecule has 0 aliphatic rings. The second kappa shape index (κ2) is 6.09. The van der Waals surface area contributed by atoms with Crippen molar-refractivity contribution < 1.29 is 0 Å². The van der Waals surface area contributed by atoms with E-state index in [4.69, 9.17) is 5.73 Å². The van der Waals surface area contributed by atoms with Gasteiger partial charge in [-0.2, -0.15) is 5.10 Å². The van der Waals surface area contributed by atoms with E-state index < -0.39 is 0 Å². The highest BCUT2D eigenvalue weighted by Crippen LogP contribution is 2.21. The van der Waals surface area contributed by atoms with Gasteiger partial charge in [0.15, 0.2) is 0 Å². The van der Waals surface area contributed by atoms with Gasteiger partial charge in [-0.15, -0.1) is 0 Å². The minimum Gasteiger partial charge on any atom is -0.399 e. The predicted molar refractivity (Wildman–Crippen MR) is 73.8 cm³/mol. The van der Waals surface area contributed by atoms with Gasteiger partial charge in [-0.1, -0.05) is 26.0 Å². The Balaban J connectivity index is 0.000000686. The van der Waals surface area contributed by atoms with Crippen LogP contribution in [0.4, 0.5) is 5.69 Å². The van der Waals surface area contributed by atoms with Crippen LogP contribution in [0.3, 0.4) is 0 Å². The van der Waals surface area contributed by atoms with E-state index in [2.05, 4.69) is 18.9 Å². The lowest BCUT2D eigenvalue weighted by Gasteiger charge is -2.03. The molecule has 0 aliphatic carbocycles. The van der Waals surface area contributed by atoms with Crippen LogP contribution in [0.2, 0.25) is 0 Å². The summed E-state index contributed by atoms with van der Waals surface area (Å²) in [5.74, 6) is 0. The molecule has 0 aliphatic heterocycles. The number of nitrogen functional groups attached to an aromatic ring is 1. The van der Waals surface area contributed by atoms with Crippen molar-refractivity contribution in [1.29, 1.82) is 0 Å². The van der Waals surface area contributed by atoms with Crippen LogP contribution in [0.5, 0.6) is 0 Å². The summed E-state index contributed by atoms with van der Waals surface area (Å²) in [6.07, 6.45) is 3.91. The monoisotopic (exact) mass is 231 g/mol. The van der Waals surface area contributed by atoms with Gasteiger partial charge in [0.25, 0.3) is 0 Å². The molecule has 2 N–H and O–H groups in total. The first-order valence-electron chi connectivity index (χ1n) is 6.07. The van der Waals surface area contributed by atoms with Crippen LogP contribution in [0.15, 0.2) is 36.7 Å². The lowest BCUT2D eigenvalue weighted by Crippen LogP contribution is -1.99. The highest BCUT2D eigenvalue weighted by Gasteiger charge is 2.03. The van der Waals surface area contributed by atoms with Crippen LogP contribution in [0, 0.1) is 0 Å². The van der Waals surface area contributed by atoms with Crippen molar-refractivity contribution >= 4 is 5.69 Å². The SMILES string of the molecule is CC.CC(C)n1cc(-c2cccc(N)c2)cn1. The van der Waals surface area contributed by atoms with Crippen LogP contribution in [0.1, 0.15) is 33.7 Å². The molecule has 0 amide bonds. The Morgan fingerprint density at radius 3 is 2.41 bits per heavy atom. The zero-order chi connectivity index (χ0) is 12.8. The van der Waals surface area contributed by atoms with Crippen molar-refractivity contribution in [2.45, 2.75) is 33.7 Å². The molecule has 1 heterocycles. The Labute approximate surface area is 103 Å². The van der Waals surface area contributed by atoms with Gasteiger partial charge in [-0.05, 0) is 31.5 Å². The summed E-state index contributed by atoms with van der Waals surface area (Å²) in [6, 6.07) is 8.23. The normalized spacial score (nSPS) is 9.94. The Bertz CT molecular complexity index is 458. The first-order chi connectivity index (χ1) is 8.16. The Morgan fingerprint density at radius 1 is 1.18 bits per heavy atom. The number of benzene rings is 1. The molecule has 0 unspecified atom stereocenters. The Kier molecular flexibility index (Phi) is 4.76. The summed E-state index contributed by atoms with van der Waals surface area (Å²) in [4.78, 5) is 0. The number of anilines is 1. The van der Waals surface area contributed by atoms with Gasteiger partial charge in [-0.3, -0.25) is 4.68 Å². The molecule has 1 aromatic carbocycles. The first-order valence-corrected chi connectivity index (χ1v) is 6.07. The third-order valence-corrected chi connectivity index (χ3v) is 2.35. The molecule has 2 rings (SSSR count). The fourth-order valence-corrected chi connectivity index (χ4v) is 1.49. The van der Waals surface area contributed by atoms with Crippen molar-refractivity contribution in [3.05, 3.63) is 36.7 Å². The van der Waals surface area contributed by atoms with Crippen LogP contribution in [0.25, 0.3) is 11.1 Å². The quantitative estimate of drug-likeness (QED) is 0.800. The van der Waals surface area contributed by atoms with Gasteiger partial charge in [0, 0.05) is 23.5 Å². The molecule has 0 spiro atoms. The van der Waals surface area contributed by atoms with Crippen molar-refractivity contribution in [1.82, 2.24) is 9.78 Å². The van der Waals surface area contributed by atoms with E-state index in [1.807, 2.05) is 55.2 Å². The average molecular weight is 231 g/mol. The minimum absolute atomic E-state index is 0.389. The number of hydrogen-bond donors (Lipinski definition) is 1. The van der Waals surface area contributed by atoms with E-state index in [1.165, 1.54) is 0 Å². The summed E-state index contributed by atoms with van der Waals surface area (Å²) >= 11 is 0. The maximum atomic E-state index is 5.74. The molecule has 2 aromatic rings. The molecule has 0 saturated carbocycles. The molecule has 0 saturated heterocycles. The van der Waals surface area contributed by atoms with E-state index >= 15 is 0 Å². The van der Waals surface area contributed by atoms with Gasteiger partial charge in [-0.25, -0.2) is 0 Å². The molecule has 17 heavy (non-hydrogen) atoms. The second-order valence-electron chi connectivity index (χ2n) is 3.93. The lowest BCUT2D eigenvalue weighted by molar-refractivity contribution is 0.532. The number of rotatable bonds is 2. The van der Waals surface area contributed by atoms with E-state index in [0.717, 1.165) is 16.8 Å². The zero-order valence-corrected chi connectivity index (χ0v) is 11.0. The van der Waals surface area contributed by atoms with E-state index in [0.29, 0.717) is 6.04 Å². The van der Waals surface area contributed by atoms with Gasteiger partial charge < -0.3 is 5.73 Å². The third-order valence-electron chi connectivity index (χ3n) is 2.35. The van der Waals surface area contributed by atoms with E-state index in [9.17, 15) is 0 Å². The van der Waals surface area contributed by atoms with E-state index in [1.54, 1.807) is 0 Å². The van der Waals surface area contributed by atoms with Crippen molar-refractivity contribution in [3.63, 3.8) is 0 Å². The lowest BCUT2D eigenvalue weighted by atomic mass is 10.1. The summed E-state index contributed by atoms with van der Waals surface area (Å²) in [5.41, 5.74) is 8.74. The average Bonchev–Trinajstić information content (AvgIpc) is 2.81. The van der Waals surface area contributed by atoms with Gasteiger partial charge in [0.2, 0.25) is 0 Å². The smallest absolute Gasteiger partial charge is 0.0568 e. The topological polar surface area (TPSA) is 43.8 Å². The van der Waals surface area contributed by atoms with Crippen molar-refractivity contribution in [2.24, 2.45) is 0 Å². The summed E-state index contributed by atoms with van der Waals surface area (Å²) in [5, 5.41) is 4.30. The number of nitrogens with two attached hydrogens (primary N) is 1. The molecule has 92 valence electrons. The number of hydrogen-bond acceptors (Lipinski definition) is 2. The molecule has 1 aromatic heterocycles. The maximum absolute atomic E-state index is 5.74. The fourth-order valence-electron chi connectivity index (χ4n) is 1.49. The summed E-state index contributed by atoms with van der Waals surface area (Å²) in [6.45, 7) is 8.21. The van der Waals surface area contributed by atoms with Crippen LogP contribution in [-0.4, -0.2) is 9.78 Å². The third kappa shape index (κ3) is 3.34. The molecule has 0 atom stereocenters. The second-order valence-corrected chi connectivity index (χ2v) is 3.93. The maximum Gasteiger partial charge on any atom is 0.0568 e. The minimum atomic E-state index is 0.389. The van der Waals surface area contributed by atoms with Gasteiger partial charge >= 0.3 is 0 Å². The molecular formula is C14H21N3. The predicted octanol–water partition coefficient (Wildman–Crippen LogP) is 3.74. The number of nitrogens with zero attached hydrogens (tertiary/aromatic N) is 2. The Hall–Kier alpha value is -1.77. The van der Waals surface area contributed by atoms with Gasteiger partial charge in [0.1, 0.15) is 0 Å². The number of aromatic nitrogens is 2. The Morgan fingerprint density at radius 2 is 1.88 bits per heavy atom. The van der Waals surface area contributed by atoms with Crippen molar-refractivity contribution in [3.8, 4) is 11.1 Å². The molecule has 0 radical (unpaired) electrons. The van der Waals surface area contributed by atoms with Crippen molar-refractivity contribution in [2.75, 3.05) is 5.73 Å². The van der Waals surface area contributed by atoms with Crippen LogP contribution < -0.4 is 5.73 Å². The first kappa shape index (κ1) is 13.3. The summed E-state index contributed by atoms with van der Waals surface area (Å²) in [7, 11) is 0. The van der Waals surface area contributed by atoms with Crippen LogP contribution >= 0.6 is 0 Å². The molecule has 0 fully saturated rings. The fraction of sp³-hybridized carbons (Fsp3) is 0.357. The molecule has 3 heteroatoms.